The first-order chi connectivity index (χ1) is 5.89. The number of allylic oxidation sites excluding steroid dienone is 2. The van der Waals surface area contributed by atoms with Crippen molar-refractivity contribution in [1.82, 2.24) is 0 Å². The van der Waals surface area contributed by atoms with Crippen molar-refractivity contribution in [3.05, 3.63) is 22.5 Å². The first-order valence-electron chi connectivity index (χ1n) is 5.22. The van der Waals surface area contributed by atoms with Gasteiger partial charge in [-0.2, -0.15) is 0 Å². The lowest BCUT2D eigenvalue weighted by atomic mass is 10.4. The molecule has 0 bridgehead atoms. The van der Waals surface area contributed by atoms with Crippen molar-refractivity contribution in [1.29, 1.82) is 0 Å². The van der Waals surface area contributed by atoms with E-state index in [1.807, 2.05) is 0 Å². The molecule has 0 amide bonds. The predicted molar refractivity (Wildman–Crippen MR) is 65.6 cm³/mol. The van der Waals surface area contributed by atoms with Crippen LogP contribution in [0.25, 0.3) is 0 Å². The Bertz CT molecular complexity index is 185. The van der Waals surface area contributed by atoms with E-state index in [9.17, 15) is 0 Å². The smallest absolute Gasteiger partial charge is 0.0919 e. The van der Waals surface area contributed by atoms with Crippen LogP contribution >= 0.6 is 0 Å². The van der Waals surface area contributed by atoms with Crippen molar-refractivity contribution in [3.8, 4) is 0 Å². The Kier molecular flexibility index (Phi) is 5.31. The van der Waals surface area contributed by atoms with Gasteiger partial charge in [-0.1, -0.05) is 48.5 Å². The van der Waals surface area contributed by atoms with Crippen molar-refractivity contribution < 1.29 is 0 Å². The van der Waals surface area contributed by atoms with Gasteiger partial charge < -0.3 is 0 Å². The Balaban J connectivity index is 4.73. The zero-order valence-corrected chi connectivity index (χ0v) is 11.1. The Morgan fingerprint density at radius 1 is 1.00 bits per heavy atom. The summed E-state index contributed by atoms with van der Waals surface area (Å²) in [6.45, 7) is 13.6. The Hall–Kier alpha value is -0.303. The molecule has 0 saturated carbocycles. The Morgan fingerprint density at radius 2 is 1.38 bits per heavy atom. The van der Waals surface area contributed by atoms with Gasteiger partial charge in [0.2, 0.25) is 0 Å². The Morgan fingerprint density at radius 3 is 1.62 bits per heavy atom. The molecule has 0 nitrogen and oxygen atoms in total. The molecule has 0 aromatic rings. The molecule has 0 radical (unpaired) electrons. The van der Waals surface area contributed by atoms with Crippen LogP contribution in [0.4, 0.5) is 0 Å². The lowest BCUT2D eigenvalue weighted by Crippen LogP contribution is -2.25. The van der Waals surface area contributed by atoms with Crippen LogP contribution in [0.1, 0.15) is 41.0 Å². The van der Waals surface area contributed by atoms with Gasteiger partial charge in [-0.05, 0) is 27.7 Å². The molecule has 1 heteroatoms. The lowest BCUT2D eigenvalue weighted by Gasteiger charge is -2.20. The summed E-state index contributed by atoms with van der Waals surface area (Å²) in [4.78, 5) is 0. The maximum absolute atomic E-state index is 2.52. The molecule has 0 saturated heterocycles. The maximum atomic E-state index is 2.52. The summed E-state index contributed by atoms with van der Waals surface area (Å²) in [5.41, 5.74) is 7.98. The van der Waals surface area contributed by atoms with Gasteiger partial charge in [0.05, 0.1) is 8.07 Å². The van der Waals surface area contributed by atoms with E-state index in [0.29, 0.717) is 0 Å². The molecule has 0 rings (SSSR count). The quantitative estimate of drug-likeness (QED) is 0.581. The predicted octanol–water partition coefficient (Wildman–Crippen LogP) is 4.49. The van der Waals surface area contributed by atoms with E-state index in [1.165, 1.54) is 23.6 Å². The zero-order chi connectivity index (χ0) is 10.5. The van der Waals surface area contributed by atoms with Crippen LogP contribution in [0.3, 0.4) is 0 Å². The highest BCUT2D eigenvalue weighted by Crippen LogP contribution is 2.19. The second-order valence-corrected chi connectivity index (χ2v) is 8.79. The van der Waals surface area contributed by atoms with Crippen molar-refractivity contribution in [2.45, 2.75) is 53.6 Å². The van der Waals surface area contributed by atoms with Gasteiger partial charge in [-0.15, -0.1) is 0 Å². The highest BCUT2D eigenvalue weighted by Gasteiger charge is 2.19. The minimum Gasteiger partial charge on any atom is -0.0919 e. The second kappa shape index (κ2) is 5.43. The standard InChI is InChI=1S/C12H24Si/c1-7-8-13(6,9-11(2)3)10-12(4)5/h9-10H,7-8H2,1-6H3. The summed E-state index contributed by atoms with van der Waals surface area (Å²) in [5.74, 6) is 0. The summed E-state index contributed by atoms with van der Waals surface area (Å²) >= 11 is 0. The fourth-order valence-corrected chi connectivity index (χ4v) is 6.13. The summed E-state index contributed by atoms with van der Waals surface area (Å²) in [7, 11) is -1.20. The molecule has 0 N–H and O–H groups in total. The van der Waals surface area contributed by atoms with Crippen LogP contribution in [-0.2, 0) is 0 Å². The third kappa shape index (κ3) is 5.86. The van der Waals surface area contributed by atoms with Crippen LogP contribution in [0.5, 0.6) is 0 Å². The van der Waals surface area contributed by atoms with Gasteiger partial charge in [-0.25, -0.2) is 0 Å². The summed E-state index contributed by atoms with van der Waals surface area (Å²) in [6, 6.07) is 1.38. The monoisotopic (exact) mass is 196 g/mol. The SMILES string of the molecule is CCC[Si](C)(C=C(C)C)C=C(C)C. The van der Waals surface area contributed by atoms with E-state index in [2.05, 4.69) is 52.6 Å². The van der Waals surface area contributed by atoms with E-state index in [4.69, 9.17) is 0 Å². The normalized spacial score (nSPS) is 10.9. The van der Waals surface area contributed by atoms with Crippen molar-refractivity contribution in [2.75, 3.05) is 0 Å². The average molecular weight is 196 g/mol. The van der Waals surface area contributed by atoms with E-state index >= 15 is 0 Å². The molecule has 0 aromatic carbocycles. The van der Waals surface area contributed by atoms with Crippen molar-refractivity contribution in [3.63, 3.8) is 0 Å². The van der Waals surface area contributed by atoms with E-state index in [0.717, 1.165) is 0 Å². The maximum Gasteiger partial charge on any atom is 0.0983 e. The van der Waals surface area contributed by atoms with Crippen LogP contribution in [-0.4, -0.2) is 8.07 Å². The first-order valence-corrected chi connectivity index (χ1v) is 8.08. The van der Waals surface area contributed by atoms with Gasteiger partial charge in [0, 0.05) is 0 Å². The molecule has 13 heavy (non-hydrogen) atoms. The molecular weight excluding hydrogens is 172 g/mol. The summed E-state index contributed by atoms with van der Waals surface area (Å²) in [6.07, 6.45) is 1.30. The average Bonchev–Trinajstić information content (AvgIpc) is 1.81. The van der Waals surface area contributed by atoms with Gasteiger partial charge in [0.25, 0.3) is 0 Å². The van der Waals surface area contributed by atoms with E-state index < -0.39 is 8.07 Å². The minimum atomic E-state index is -1.20. The molecule has 0 spiro atoms. The van der Waals surface area contributed by atoms with E-state index in [-0.39, 0.29) is 0 Å². The minimum absolute atomic E-state index is 1.20. The third-order valence-corrected chi connectivity index (χ3v) is 6.08. The molecule has 0 aliphatic rings. The third-order valence-electron chi connectivity index (χ3n) is 2.03. The fourth-order valence-electron chi connectivity index (χ4n) is 2.04. The Labute approximate surface area is 84.8 Å². The first kappa shape index (κ1) is 12.7. The van der Waals surface area contributed by atoms with Gasteiger partial charge in [-0.3, -0.25) is 0 Å². The number of hydrogen-bond donors (Lipinski definition) is 0. The van der Waals surface area contributed by atoms with Crippen LogP contribution < -0.4 is 0 Å². The highest BCUT2D eigenvalue weighted by atomic mass is 28.3. The fraction of sp³-hybridized carbons (Fsp3) is 0.667. The number of rotatable bonds is 4. The topological polar surface area (TPSA) is 0 Å². The second-order valence-electron chi connectivity index (χ2n) is 4.70. The van der Waals surface area contributed by atoms with E-state index in [1.54, 1.807) is 0 Å². The zero-order valence-electron chi connectivity index (χ0n) is 10.1. The van der Waals surface area contributed by atoms with Crippen LogP contribution in [0, 0.1) is 0 Å². The molecule has 0 aliphatic carbocycles. The summed E-state index contributed by atoms with van der Waals surface area (Å²) in [5, 5.41) is 0. The molecule has 0 heterocycles. The van der Waals surface area contributed by atoms with Gasteiger partial charge in [0.15, 0.2) is 0 Å². The molecule has 0 fully saturated rings. The summed E-state index contributed by atoms with van der Waals surface area (Å²) < 4.78 is 0. The highest BCUT2D eigenvalue weighted by molar-refractivity contribution is 6.88. The molecule has 0 atom stereocenters. The molecular formula is C12H24Si. The molecule has 0 aromatic heterocycles. The van der Waals surface area contributed by atoms with Gasteiger partial charge >= 0.3 is 0 Å². The number of hydrogen-bond acceptors (Lipinski definition) is 0. The lowest BCUT2D eigenvalue weighted by molar-refractivity contribution is 1.05. The van der Waals surface area contributed by atoms with Crippen molar-refractivity contribution in [2.24, 2.45) is 0 Å². The van der Waals surface area contributed by atoms with Crippen LogP contribution in [0.15, 0.2) is 22.5 Å². The van der Waals surface area contributed by atoms with Gasteiger partial charge in [0.1, 0.15) is 0 Å². The van der Waals surface area contributed by atoms with Crippen LogP contribution in [0.2, 0.25) is 12.6 Å². The van der Waals surface area contributed by atoms with Crippen molar-refractivity contribution >= 4 is 8.07 Å². The molecule has 0 unspecified atom stereocenters. The molecule has 0 aliphatic heterocycles. The largest absolute Gasteiger partial charge is 0.0983 e. The molecule has 76 valence electrons.